The van der Waals surface area contributed by atoms with Gasteiger partial charge in [0.2, 0.25) is 0 Å². The Kier molecular flexibility index (Phi) is 3.77. The molecule has 0 saturated carbocycles. The summed E-state index contributed by atoms with van der Waals surface area (Å²) in [5, 5.41) is 2.71. The molecule has 22 heavy (non-hydrogen) atoms. The highest BCUT2D eigenvalue weighted by molar-refractivity contribution is 5.77. The number of rotatable bonds is 3. The zero-order valence-electron chi connectivity index (χ0n) is 13.1. The molecule has 0 saturated heterocycles. The van der Waals surface area contributed by atoms with E-state index in [-0.39, 0.29) is 11.6 Å². The molecule has 3 aromatic rings. The van der Waals surface area contributed by atoms with Crippen LogP contribution in [-0.2, 0) is 0 Å². The van der Waals surface area contributed by atoms with E-state index in [0.29, 0.717) is 5.39 Å². The molecule has 0 aliphatic carbocycles. The molecule has 0 radical (unpaired) electrons. The second-order valence-electron chi connectivity index (χ2n) is 5.59. The Morgan fingerprint density at radius 1 is 1.14 bits per heavy atom. The quantitative estimate of drug-likeness (QED) is 0.802. The fourth-order valence-electron chi connectivity index (χ4n) is 2.62. The Bertz CT molecular complexity index is 883. The number of quaternary nitrogens is 1. The molecule has 1 heterocycles. The van der Waals surface area contributed by atoms with E-state index in [1.165, 1.54) is 0 Å². The minimum Gasteiger partial charge on any atom is -0.340 e. The summed E-state index contributed by atoms with van der Waals surface area (Å²) in [6, 6.07) is 15.6. The molecule has 0 unspecified atom stereocenters. The summed E-state index contributed by atoms with van der Waals surface area (Å²) in [6.45, 7) is 4.08. The normalized spacial score (nSPS) is 12.5. The second kappa shape index (κ2) is 5.73. The third-order valence-corrected chi connectivity index (χ3v) is 3.97. The van der Waals surface area contributed by atoms with Crippen molar-refractivity contribution in [1.82, 2.24) is 9.55 Å². The lowest BCUT2D eigenvalue weighted by molar-refractivity contribution is -0.668. The summed E-state index contributed by atoms with van der Waals surface area (Å²) in [5.41, 5.74) is 2.73. The van der Waals surface area contributed by atoms with Gasteiger partial charge in [-0.2, -0.15) is 0 Å². The van der Waals surface area contributed by atoms with E-state index >= 15 is 0 Å². The number of hydrogen-bond donors (Lipinski definition) is 1. The van der Waals surface area contributed by atoms with Gasteiger partial charge >= 0.3 is 0 Å². The maximum absolute atomic E-state index is 13.0. The van der Waals surface area contributed by atoms with Crippen LogP contribution in [0.1, 0.15) is 24.4 Å². The first kappa shape index (κ1) is 14.5. The summed E-state index contributed by atoms with van der Waals surface area (Å²) in [7, 11) is 1.99. The van der Waals surface area contributed by atoms with Crippen molar-refractivity contribution >= 4 is 10.9 Å². The molecule has 3 rings (SSSR count). The minimum atomic E-state index is -0.0140. The van der Waals surface area contributed by atoms with Crippen molar-refractivity contribution in [2.45, 2.75) is 19.9 Å². The standard InChI is InChI=1S/C18H19N3O/c1-12-7-6-8-14(11-12)21-17(13(2)19-3)20-16-10-5-4-9-15(16)18(21)22/h4-11,13,19H,1-3H3/p+1/t13-/m0/s1. The summed E-state index contributed by atoms with van der Waals surface area (Å²) in [5.74, 6) is 0.775. The number of nitrogens with zero attached hydrogens (tertiary/aromatic N) is 2. The van der Waals surface area contributed by atoms with Gasteiger partial charge in [-0.1, -0.05) is 24.3 Å². The van der Waals surface area contributed by atoms with Gasteiger partial charge in [-0.25, -0.2) is 4.98 Å². The summed E-state index contributed by atoms with van der Waals surface area (Å²) >= 11 is 0. The Labute approximate surface area is 129 Å². The predicted octanol–water partition coefficient (Wildman–Crippen LogP) is 1.95. The first-order chi connectivity index (χ1) is 10.6. The van der Waals surface area contributed by atoms with Crippen LogP contribution in [0.2, 0.25) is 0 Å². The van der Waals surface area contributed by atoms with Crippen LogP contribution >= 0.6 is 0 Å². The van der Waals surface area contributed by atoms with Gasteiger partial charge in [0.05, 0.1) is 23.6 Å². The van der Waals surface area contributed by atoms with Crippen molar-refractivity contribution in [3.8, 4) is 5.69 Å². The van der Waals surface area contributed by atoms with Gasteiger partial charge in [0.15, 0.2) is 5.82 Å². The summed E-state index contributed by atoms with van der Waals surface area (Å²) in [4.78, 5) is 17.7. The van der Waals surface area contributed by atoms with E-state index in [1.807, 2.05) is 62.5 Å². The van der Waals surface area contributed by atoms with Gasteiger partial charge in [-0.3, -0.25) is 9.36 Å². The molecule has 0 amide bonds. The van der Waals surface area contributed by atoms with E-state index in [4.69, 9.17) is 4.98 Å². The third-order valence-electron chi connectivity index (χ3n) is 3.97. The van der Waals surface area contributed by atoms with Gasteiger partial charge in [0.25, 0.3) is 5.56 Å². The van der Waals surface area contributed by atoms with Gasteiger partial charge < -0.3 is 5.32 Å². The lowest BCUT2D eigenvalue weighted by Crippen LogP contribution is -2.80. The topological polar surface area (TPSA) is 51.5 Å². The summed E-state index contributed by atoms with van der Waals surface area (Å²) < 4.78 is 1.74. The first-order valence-corrected chi connectivity index (χ1v) is 7.50. The fraction of sp³-hybridized carbons (Fsp3) is 0.222. The van der Waals surface area contributed by atoms with Crippen molar-refractivity contribution in [2.24, 2.45) is 0 Å². The number of hydrogen-bond acceptors (Lipinski definition) is 2. The van der Waals surface area contributed by atoms with Crippen LogP contribution in [0.25, 0.3) is 16.6 Å². The Balaban J connectivity index is 2.40. The number of nitrogens with two attached hydrogens (primary N) is 1. The van der Waals surface area contributed by atoms with Crippen LogP contribution in [0, 0.1) is 6.92 Å². The SMILES string of the molecule is C[NH2+][C@@H](C)c1nc2ccccc2c(=O)n1-c1cccc(C)c1. The van der Waals surface area contributed by atoms with Gasteiger partial charge in [-0.05, 0) is 43.7 Å². The van der Waals surface area contributed by atoms with Gasteiger partial charge in [0.1, 0.15) is 6.04 Å². The lowest BCUT2D eigenvalue weighted by atomic mass is 10.2. The molecule has 112 valence electrons. The van der Waals surface area contributed by atoms with Gasteiger partial charge in [0, 0.05) is 0 Å². The Hall–Kier alpha value is -2.46. The van der Waals surface area contributed by atoms with Crippen LogP contribution in [0.5, 0.6) is 0 Å². The minimum absolute atomic E-state index is 0.0140. The monoisotopic (exact) mass is 294 g/mol. The Morgan fingerprint density at radius 3 is 2.64 bits per heavy atom. The van der Waals surface area contributed by atoms with Crippen LogP contribution in [0.3, 0.4) is 0 Å². The molecule has 0 aliphatic rings. The first-order valence-electron chi connectivity index (χ1n) is 7.50. The number of fused-ring (bicyclic) bond motifs is 1. The Morgan fingerprint density at radius 2 is 1.91 bits per heavy atom. The van der Waals surface area contributed by atoms with Crippen LogP contribution in [0.15, 0.2) is 53.3 Å². The van der Waals surface area contributed by atoms with E-state index in [2.05, 4.69) is 12.2 Å². The van der Waals surface area contributed by atoms with Crippen molar-refractivity contribution in [3.63, 3.8) is 0 Å². The average Bonchev–Trinajstić information content (AvgIpc) is 2.54. The number of benzene rings is 2. The van der Waals surface area contributed by atoms with Crippen LogP contribution in [0.4, 0.5) is 0 Å². The maximum Gasteiger partial charge on any atom is 0.266 e. The highest BCUT2D eigenvalue weighted by Crippen LogP contribution is 2.16. The lowest BCUT2D eigenvalue weighted by Gasteiger charge is -2.16. The highest BCUT2D eigenvalue weighted by Gasteiger charge is 2.18. The molecular weight excluding hydrogens is 274 g/mol. The predicted molar refractivity (Wildman–Crippen MR) is 88.3 cm³/mol. The molecule has 0 bridgehead atoms. The molecule has 2 N–H and O–H groups in total. The molecule has 0 spiro atoms. The molecule has 1 atom stereocenters. The number of para-hydroxylation sites is 1. The van der Waals surface area contributed by atoms with Crippen LogP contribution in [-0.4, -0.2) is 16.6 Å². The third kappa shape index (κ3) is 2.42. The van der Waals surface area contributed by atoms with Crippen molar-refractivity contribution in [2.75, 3.05) is 7.05 Å². The average molecular weight is 294 g/mol. The summed E-state index contributed by atoms with van der Waals surface area (Å²) in [6.07, 6.45) is 0. The number of aryl methyl sites for hydroxylation is 1. The molecule has 0 aliphatic heterocycles. The molecule has 4 heteroatoms. The van der Waals surface area contributed by atoms with E-state index < -0.39 is 0 Å². The molecule has 4 nitrogen and oxygen atoms in total. The maximum atomic E-state index is 13.0. The van der Waals surface area contributed by atoms with Crippen molar-refractivity contribution in [1.29, 1.82) is 0 Å². The zero-order valence-corrected chi connectivity index (χ0v) is 13.1. The van der Waals surface area contributed by atoms with Crippen LogP contribution < -0.4 is 10.9 Å². The van der Waals surface area contributed by atoms with Crippen molar-refractivity contribution in [3.05, 3.63) is 70.3 Å². The highest BCUT2D eigenvalue weighted by atomic mass is 16.1. The zero-order chi connectivity index (χ0) is 15.7. The smallest absolute Gasteiger partial charge is 0.266 e. The second-order valence-corrected chi connectivity index (χ2v) is 5.59. The molecule has 2 aromatic carbocycles. The molecule has 0 fully saturated rings. The largest absolute Gasteiger partial charge is 0.340 e. The fourth-order valence-corrected chi connectivity index (χ4v) is 2.62. The van der Waals surface area contributed by atoms with E-state index in [1.54, 1.807) is 4.57 Å². The molecular formula is C18H20N3O+. The van der Waals surface area contributed by atoms with Crippen molar-refractivity contribution < 1.29 is 5.32 Å². The van der Waals surface area contributed by atoms with Gasteiger partial charge in [-0.15, -0.1) is 0 Å². The molecule has 1 aromatic heterocycles. The van der Waals surface area contributed by atoms with E-state index in [0.717, 1.165) is 22.6 Å². The number of aromatic nitrogens is 2. The van der Waals surface area contributed by atoms with E-state index in [9.17, 15) is 4.79 Å².